The van der Waals surface area contributed by atoms with Crippen LogP contribution in [0.1, 0.15) is 11.3 Å². The number of hydrogen-bond donors (Lipinski definition) is 2. The average molecular weight is 295 g/mol. The molecule has 0 aliphatic carbocycles. The van der Waals surface area contributed by atoms with Gasteiger partial charge in [0.1, 0.15) is 10.7 Å². The first kappa shape index (κ1) is 14.4. The molecule has 106 valence electrons. The van der Waals surface area contributed by atoms with Gasteiger partial charge < -0.3 is 5.73 Å². The Morgan fingerprint density at radius 3 is 2.75 bits per heavy atom. The lowest BCUT2D eigenvalue weighted by molar-refractivity contribution is 0.599. The first-order chi connectivity index (χ1) is 9.44. The van der Waals surface area contributed by atoms with Crippen LogP contribution >= 0.6 is 0 Å². The second-order valence-corrected chi connectivity index (χ2v) is 5.87. The van der Waals surface area contributed by atoms with Gasteiger partial charge in [-0.2, -0.15) is 0 Å². The van der Waals surface area contributed by atoms with E-state index in [1.807, 2.05) is 0 Å². The van der Waals surface area contributed by atoms with Gasteiger partial charge in [-0.3, -0.25) is 9.71 Å². The summed E-state index contributed by atoms with van der Waals surface area (Å²) in [4.78, 5) is 3.96. The zero-order valence-corrected chi connectivity index (χ0v) is 11.6. The molecule has 0 radical (unpaired) electrons. The van der Waals surface area contributed by atoms with Gasteiger partial charge in [0.25, 0.3) is 10.0 Å². The zero-order chi connectivity index (χ0) is 14.8. The van der Waals surface area contributed by atoms with Gasteiger partial charge in [-0.1, -0.05) is 0 Å². The first-order valence-electron chi connectivity index (χ1n) is 5.87. The summed E-state index contributed by atoms with van der Waals surface area (Å²) in [6, 6.07) is 6.77. The van der Waals surface area contributed by atoms with Crippen LogP contribution in [0.15, 0.2) is 41.4 Å². The predicted octanol–water partition coefficient (Wildman–Crippen LogP) is 1.79. The molecule has 2 aromatic rings. The number of sulfonamides is 1. The van der Waals surface area contributed by atoms with Crippen molar-refractivity contribution in [1.29, 1.82) is 0 Å². The van der Waals surface area contributed by atoms with E-state index in [0.29, 0.717) is 11.3 Å². The van der Waals surface area contributed by atoms with Crippen molar-refractivity contribution in [3.63, 3.8) is 0 Å². The van der Waals surface area contributed by atoms with Gasteiger partial charge in [0, 0.05) is 12.7 Å². The van der Waals surface area contributed by atoms with Crippen LogP contribution in [0, 0.1) is 12.7 Å². The SMILES string of the molecule is Cc1cc(F)ccc1NS(=O)(=O)c1cccnc1CN. The Bertz CT molecular complexity index is 732. The van der Waals surface area contributed by atoms with Gasteiger partial charge in [0.15, 0.2) is 0 Å². The number of nitrogens with two attached hydrogens (primary N) is 1. The Kier molecular flexibility index (Phi) is 4.01. The maximum absolute atomic E-state index is 13.0. The normalized spacial score (nSPS) is 11.3. The van der Waals surface area contributed by atoms with E-state index in [9.17, 15) is 12.8 Å². The van der Waals surface area contributed by atoms with Crippen LogP contribution in [0.3, 0.4) is 0 Å². The van der Waals surface area contributed by atoms with Gasteiger partial charge in [-0.05, 0) is 42.8 Å². The number of nitrogens with one attached hydrogen (secondary N) is 1. The summed E-state index contributed by atoms with van der Waals surface area (Å²) >= 11 is 0. The third-order valence-electron chi connectivity index (χ3n) is 2.76. The van der Waals surface area contributed by atoms with E-state index in [1.54, 1.807) is 6.92 Å². The molecule has 0 bridgehead atoms. The van der Waals surface area contributed by atoms with Crippen LogP contribution < -0.4 is 10.5 Å². The molecular formula is C13H14FN3O2S. The van der Waals surface area contributed by atoms with E-state index in [4.69, 9.17) is 5.73 Å². The summed E-state index contributed by atoms with van der Waals surface area (Å²) < 4.78 is 40.1. The van der Waals surface area contributed by atoms with Crippen molar-refractivity contribution >= 4 is 15.7 Å². The minimum absolute atomic E-state index is 0.0134. The fraction of sp³-hybridized carbons (Fsp3) is 0.154. The van der Waals surface area contributed by atoms with Crippen LogP contribution in [0.4, 0.5) is 10.1 Å². The minimum atomic E-state index is -3.81. The molecule has 0 aliphatic rings. The molecule has 20 heavy (non-hydrogen) atoms. The minimum Gasteiger partial charge on any atom is -0.325 e. The predicted molar refractivity (Wildman–Crippen MR) is 74.1 cm³/mol. The zero-order valence-electron chi connectivity index (χ0n) is 10.8. The summed E-state index contributed by atoms with van der Waals surface area (Å²) in [5.74, 6) is -0.422. The van der Waals surface area contributed by atoms with Gasteiger partial charge in [-0.25, -0.2) is 12.8 Å². The Morgan fingerprint density at radius 2 is 2.10 bits per heavy atom. The summed E-state index contributed by atoms with van der Waals surface area (Å²) in [7, 11) is -3.81. The molecule has 0 saturated heterocycles. The largest absolute Gasteiger partial charge is 0.325 e. The van der Waals surface area contributed by atoms with E-state index in [-0.39, 0.29) is 17.1 Å². The van der Waals surface area contributed by atoms with Crippen molar-refractivity contribution in [3.8, 4) is 0 Å². The molecule has 0 fully saturated rings. The van der Waals surface area contributed by atoms with Gasteiger partial charge >= 0.3 is 0 Å². The molecule has 0 saturated carbocycles. The number of hydrogen-bond acceptors (Lipinski definition) is 4. The molecule has 1 aromatic carbocycles. The quantitative estimate of drug-likeness (QED) is 0.900. The van der Waals surface area contributed by atoms with Crippen molar-refractivity contribution in [2.75, 3.05) is 4.72 Å². The third kappa shape index (κ3) is 2.94. The molecule has 1 heterocycles. The molecule has 0 unspecified atom stereocenters. The molecule has 0 amide bonds. The lowest BCUT2D eigenvalue weighted by Gasteiger charge is -2.12. The highest BCUT2D eigenvalue weighted by Gasteiger charge is 2.19. The molecule has 7 heteroatoms. The Labute approximate surface area is 116 Å². The molecule has 0 aliphatic heterocycles. The maximum Gasteiger partial charge on any atom is 0.263 e. The number of anilines is 1. The highest BCUT2D eigenvalue weighted by atomic mass is 32.2. The second-order valence-electron chi connectivity index (χ2n) is 4.22. The fourth-order valence-electron chi connectivity index (χ4n) is 1.76. The molecule has 5 nitrogen and oxygen atoms in total. The van der Waals surface area contributed by atoms with Gasteiger partial charge in [0.05, 0.1) is 11.4 Å². The van der Waals surface area contributed by atoms with Crippen molar-refractivity contribution in [1.82, 2.24) is 4.98 Å². The fourth-order valence-corrected chi connectivity index (χ4v) is 3.10. The van der Waals surface area contributed by atoms with Crippen molar-refractivity contribution in [2.24, 2.45) is 5.73 Å². The lowest BCUT2D eigenvalue weighted by Crippen LogP contribution is -2.17. The van der Waals surface area contributed by atoms with Crippen LogP contribution in [0.2, 0.25) is 0 Å². The number of pyridine rings is 1. The number of aromatic nitrogens is 1. The van der Waals surface area contributed by atoms with E-state index in [2.05, 4.69) is 9.71 Å². The highest BCUT2D eigenvalue weighted by molar-refractivity contribution is 7.92. The third-order valence-corrected chi connectivity index (χ3v) is 4.20. The average Bonchev–Trinajstić information content (AvgIpc) is 2.42. The van der Waals surface area contributed by atoms with Crippen LogP contribution in [0.5, 0.6) is 0 Å². The Hall–Kier alpha value is -1.99. The summed E-state index contributed by atoms with van der Waals surface area (Å²) in [6.07, 6.45) is 1.48. The standard InChI is InChI=1S/C13H14FN3O2S/c1-9-7-10(14)4-5-11(9)17-20(18,19)13-3-2-6-16-12(13)8-15/h2-7,17H,8,15H2,1H3. The number of halogens is 1. The van der Waals surface area contributed by atoms with Crippen molar-refractivity contribution in [3.05, 3.63) is 53.6 Å². The number of nitrogens with zero attached hydrogens (tertiary/aromatic N) is 1. The van der Waals surface area contributed by atoms with Crippen LogP contribution in [0.25, 0.3) is 0 Å². The first-order valence-corrected chi connectivity index (χ1v) is 7.35. The molecule has 0 spiro atoms. The maximum atomic E-state index is 13.0. The summed E-state index contributed by atoms with van der Waals surface area (Å²) in [5.41, 5.74) is 6.57. The molecule has 1 aromatic heterocycles. The Balaban J connectivity index is 2.41. The monoisotopic (exact) mass is 295 g/mol. The second kappa shape index (κ2) is 5.56. The van der Waals surface area contributed by atoms with Crippen molar-refractivity contribution in [2.45, 2.75) is 18.4 Å². The molecule has 3 N–H and O–H groups in total. The number of aryl methyl sites for hydroxylation is 1. The van der Waals surface area contributed by atoms with Crippen LogP contribution in [-0.2, 0) is 16.6 Å². The van der Waals surface area contributed by atoms with E-state index >= 15 is 0 Å². The van der Waals surface area contributed by atoms with E-state index in [0.717, 1.165) is 0 Å². The van der Waals surface area contributed by atoms with Gasteiger partial charge in [0.2, 0.25) is 0 Å². The van der Waals surface area contributed by atoms with Crippen molar-refractivity contribution < 1.29 is 12.8 Å². The highest BCUT2D eigenvalue weighted by Crippen LogP contribution is 2.21. The summed E-state index contributed by atoms with van der Waals surface area (Å²) in [5, 5.41) is 0. The lowest BCUT2D eigenvalue weighted by atomic mass is 10.2. The van der Waals surface area contributed by atoms with E-state index in [1.165, 1.54) is 36.5 Å². The molecule has 2 rings (SSSR count). The number of benzene rings is 1. The topological polar surface area (TPSA) is 85.1 Å². The number of rotatable bonds is 4. The van der Waals surface area contributed by atoms with Gasteiger partial charge in [-0.15, -0.1) is 0 Å². The smallest absolute Gasteiger partial charge is 0.263 e. The van der Waals surface area contributed by atoms with Crippen LogP contribution in [-0.4, -0.2) is 13.4 Å². The Morgan fingerprint density at radius 1 is 1.35 bits per heavy atom. The summed E-state index contributed by atoms with van der Waals surface area (Å²) in [6.45, 7) is 1.63. The van der Waals surface area contributed by atoms with E-state index < -0.39 is 15.8 Å². The molecule has 0 atom stereocenters. The molecular weight excluding hydrogens is 281 g/mol.